The lowest BCUT2D eigenvalue weighted by molar-refractivity contribution is 0.308. The van der Waals surface area contributed by atoms with Crippen LogP contribution in [0.2, 0.25) is 0 Å². The predicted octanol–water partition coefficient (Wildman–Crippen LogP) is 1.39. The molecular formula is C13H28N4S. The van der Waals surface area contributed by atoms with Crippen molar-refractivity contribution in [3.8, 4) is 0 Å². The van der Waals surface area contributed by atoms with Crippen molar-refractivity contribution < 1.29 is 0 Å². The van der Waals surface area contributed by atoms with Crippen LogP contribution in [0.3, 0.4) is 0 Å². The van der Waals surface area contributed by atoms with Crippen LogP contribution in [0.4, 0.5) is 0 Å². The van der Waals surface area contributed by atoms with E-state index < -0.39 is 0 Å². The van der Waals surface area contributed by atoms with Gasteiger partial charge in [-0.1, -0.05) is 13.8 Å². The number of likely N-dealkylation sites (N-methyl/N-ethyl adjacent to an activating group) is 1. The molecule has 0 aromatic rings. The minimum Gasteiger partial charge on any atom is -0.355 e. The molecule has 0 saturated carbocycles. The molecule has 1 atom stereocenters. The highest BCUT2D eigenvalue weighted by Crippen LogP contribution is 2.25. The van der Waals surface area contributed by atoms with Gasteiger partial charge in [0.1, 0.15) is 0 Å². The highest BCUT2D eigenvalue weighted by molar-refractivity contribution is 8.00. The third-order valence-corrected chi connectivity index (χ3v) is 4.76. The van der Waals surface area contributed by atoms with Crippen LogP contribution in [-0.2, 0) is 0 Å². The van der Waals surface area contributed by atoms with Crippen molar-refractivity contribution in [1.29, 1.82) is 0 Å². The van der Waals surface area contributed by atoms with Crippen LogP contribution in [0.25, 0.3) is 0 Å². The van der Waals surface area contributed by atoms with E-state index in [0.717, 1.165) is 43.9 Å². The average Bonchev–Trinajstić information content (AvgIpc) is 2.91. The summed E-state index contributed by atoms with van der Waals surface area (Å²) in [5.41, 5.74) is 0. The average molecular weight is 272 g/mol. The molecule has 0 bridgehead atoms. The lowest BCUT2D eigenvalue weighted by atomic mass is 10.2. The largest absolute Gasteiger partial charge is 0.355 e. The summed E-state index contributed by atoms with van der Waals surface area (Å²) in [7, 11) is 1.84. The second kappa shape index (κ2) is 9.50. The van der Waals surface area contributed by atoms with Crippen LogP contribution in [0.5, 0.6) is 0 Å². The Kier molecular flexibility index (Phi) is 8.25. The van der Waals surface area contributed by atoms with Gasteiger partial charge >= 0.3 is 0 Å². The zero-order chi connectivity index (χ0) is 13.2. The number of aliphatic imine (C=N–C) groups is 1. The van der Waals surface area contributed by atoms with E-state index in [-0.39, 0.29) is 0 Å². The van der Waals surface area contributed by atoms with Gasteiger partial charge in [-0.3, -0.25) is 4.99 Å². The maximum Gasteiger partial charge on any atom is 0.191 e. The van der Waals surface area contributed by atoms with E-state index in [1.807, 2.05) is 7.05 Å². The number of rotatable bonds is 7. The Morgan fingerprint density at radius 2 is 2.11 bits per heavy atom. The molecule has 1 aliphatic heterocycles. The molecule has 1 rings (SSSR count). The van der Waals surface area contributed by atoms with Gasteiger partial charge in [-0.05, 0) is 31.7 Å². The predicted molar refractivity (Wildman–Crippen MR) is 82.6 cm³/mol. The van der Waals surface area contributed by atoms with Crippen LogP contribution < -0.4 is 10.6 Å². The first-order chi connectivity index (χ1) is 8.80. The first-order valence-electron chi connectivity index (χ1n) is 7.08. The normalized spacial score (nSPS) is 20.4. The van der Waals surface area contributed by atoms with Crippen LogP contribution in [0.1, 0.15) is 26.7 Å². The van der Waals surface area contributed by atoms with Crippen molar-refractivity contribution >= 4 is 17.7 Å². The molecule has 0 spiro atoms. The van der Waals surface area contributed by atoms with Gasteiger partial charge in [-0.2, -0.15) is 11.8 Å². The smallest absolute Gasteiger partial charge is 0.191 e. The minimum absolute atomic E-state index is 0.770. The summed E-state index contributed by atoms with van der Waals surface area (Å²) in [5.74, 6) is 2.26. The summed E-state index contributed by atoms with van der Waals surface area (Å²) in [6.07, 6.45) is 2.71. The van der Waals surface area contributed by atoms with E-state index in [9.17, 15) is 0 Å². The van der Waals surface area contributed by atoms with Crippen LogP contribution in [0, 0.1) is 0 Å². The summed E-state index contributed by atoms with van der Waals surface area (Å²) in [4.78, 5) is 6.67. The molecule has 2 N–H and O–H groups in total. The molecule has 1 fully saturated rings. The van der Waals surface area contributed by atoms with E-state index in [1.54, 1.807) is 0 Å². The fraction of sp³-hybridized carbons (Fsp3) is 0.923. The Balaban J connectivity index is 2.13. The molecule has 0 amide bonds. The summed E-state index contributed by atoms with van der Waals surface area (Å²) in [5, 5.41) is 7.57. The third kappa shape index (κ3) is 5.96. The monoisotopic (exact) mass is 272 g/mol. The van der Waals surface area contributed by atoms with Gasteiger partial charge in [0.25, 0.3) is 0 Å². The third-order valence-electron chi connectivity index (χ3n) is 3.36. The van der Waals surface area contributed by atoms with Crippen molar-refractivity contribution in [2.75, 3.05) is 45.5 Å². The molecule has 5 heteroatoms. The zero-order valence-electron chi connectivity index (χ0n) is 12.0. The number of guanidine groups is 1. The molecule has 1 aliphatic rings. The molecule has 1 heterocycles. The van der Waals surface area contributed by atoms with Gasteiger partial charge in [-0.15, -0.1) is 0 Å². The molecule has 1 unspecified atom stereocenters. The SMILES string of the molecule is CCN(CC)CCNC(=NC)NCC1CCCS1. The number of hydrogen-bond donors (Lipinski definition) is 2. The molecule has 4 nitrogen and oxygen atoms in total. The Hall–Kier alpha value is -0.420. The van der Waals surface area contributed by atoms with E-state index in [4.69, 9.17) is 0 Å². The fourth-order valence-electron chi connectivity index (χ4n) is 2.11. The first kappa shape index (κ1) is 15.6. The van der Waals surface area contributed by atoms with Crippen molar-refractivity contribution in [1.82, 2.24) is 15.5 Å². The lowest BCUT2D eigenvalue weighted by Gasteiger charge is -2.20. The van der Waals surface area contributed by atoms with E-state index in [2.05, 4.69) is 46.1 Å². The number of nitrogens with one attached hydrogen (secondary N) is 2. The van der Waals surface area contributed by atoms with Crippen molar-refractivity contribution in [2.45, 2.75) is 31.9 Å². The molecule has 0 radical (unpaired) electrons. The van der Waals surface area contributed by atoms with Crippen LogP contribution in [0.15, 0.2) is 4.99 Å². The molecule has 0 aromatic heterocycles. The Labute approximate surface area is 116 Å². The standard InChI is InChI=1S/C13H28N4S/c1-4-17(5-2)9-8-15-13(14-3)16-11-12-7-6-10-18-12/h12H,4-11H2,1-3H3,(H2,14,15,16). The number of hydrogen-bond acceptors (Lipinski definition) is 3. The Morgan fingerprint density at radius 1 is 1.33 bits per heavy atom. The van der Waals surface area contributed by atoms with E-state index >= 15 is 0 Å². The zero-order valence-corrected chi connectivity index (χ0v) is 12.9. The maximum atomic E-state index is 4.26. The van der Waals surface area contributed by atoms with E-state index in [1.165, 1.54) is 18.6 Å². The first-order valence-corrected chi connectivity index (χ1v) is 8.13. The van der Waals surface area contributed by atoms with Gasteiger partial charge in [0.15, 0.2) is 5.96 Å². The second-order valence-electron chi connectivity index (χ2n) is 4.54. The van der Waals surface area contributed by atoms with Gasteiger partial charge in [0.2, 0.25) is 0 Å². The maximum absolute atomic E-state index is 4.26. The summed E-state index contributed by atoms with van der Waals surface area (Å²) in [6, 6.07) is 0. The summed E-state index contributed by atoms with van der Waals surface area (Å²) in [6.45, 7) is 9.70. The van der Waals surface area contributed by atoms with Crippen molar-refractivity contribution in [3.05, 3.63) is 0 Å². The molecule has 0 aromatic carbocycles. The molecule has 106 valence electrons. The molecule has 0 aliphatic carbocycles. The van der Waals surface area contributed by atoms with Crippen LogP contribution >= 0.6 is 11.8 Å². The van der Waals surface area contributed by atoms with Crippen molar-refractivity contribution in [3.63, 3.8) is 0 Å². The Bertz CT molecular complexity index is 235. The number of thioether (sulfide) groups is 1. The summed E-state index contributed by atoms with van der Waals surface area (Å²) < 4.78 is 0. The topological polar surface area (TPSA) is 39.7 Å². The summed E-state index contributed by atoms with van der Waals surface area (Å²) >= 11 is 2.08. The van der Waals surface area contributed by atoms with Gasteiger partial charge in [0.05, 0.1) is 0 Å². The quantitative estimate of drug-likeness (QED) is 0.543. The van der Waals surface area contributed by atoms with Gasteiger partial charge in [0, 0.05) is 31.9 Å². The van der Waals surface area contributed by atoms with Gasteiger partial charge in [-0.25, -0.2) is 0 Å². The highest BCUT2D eigenvalue weighted by Gasteiger charge is 2.15. The van der Waals surface area contributed by atoms with Crippen molar-refractivity contribution in [2.24, 2.45) is 4.99 Å². The second-order valence-corrected chi connectivity index (χ2v) is 5.95. The van der Waals surface area contributed by atoms with E-state index in [0.29, 0.717) is 0 Å². The van der Waals surface area contributed by atoms with Gasteiger partial charge < -0.3 is 15.5 Å². The molecule has 1 saturated heterocycles. The molecular weight excluding hydrogens is 244 g/mol. The Morgan fingerprint density at radius 3 is 2.67 bits per heavy atom. The highest BCUT2D eigenvalue weighted by atomic mass is 32.2. The molecule has 18 heavy (non-hydrogen) atoms. The number of nitrogens with zero attached hydrogens (tertiary/aromatic N) is 2. The van der Waals surface area contributed by atoms with Crippen LogP contribution in [-0.4, -0.2) is 61.6 Å². The fourth-order valence-corrected chi connectivity index (χ4v) is 3.31. The minimum atomic E-state index is 0.770. The lowest BCUT2D eigenvalue weighted by Crippen LogP contribution is -2.43.